The largest absolute Gasteiger partial charge is 0.343 e. The number of rotatable bonds is 2. The molecule has 0 bridgehead atoms. The molecule has 5 rings (SSSR count). The van der Waals surface area contributed by atoms with Gasteiger partial charge in [-0.05, 0) is 56.0 Å². The number of carbonyl (C=O) groups excluding carboxylic acids is 1. The number of allylic oxidation sites excluding steroid dienone is 5. The van der Waals surface area contributed by atoms with Crippen LogP contribution < -0.4 is 0 Å². The van der Waals surface area contributed by atoms with Gasteiger partial charge in [-0.2, -0.15) is 0 Å². The van der Waals surface area contributed by atoms with Crippen LogP contribution in [0.5, 0.6) is 0 Å². The first-order chi connectivity index (χ1) is 14.3. The number of hydrogen-bond donors (Lipinski definition) is 0. The van der Waals surface area contributed by atoms with E-state index in [2.05, 4.69) is 97.1 Å². The molecule has 1 aliphatic carbocycles. The van der Waals surface area contributed by atoms with E-state index in [-0.39, 0.29) is 0 Å². The van der Waals surface area contributed by atoms with Crippen molar-refractivity contribution in [2.45, 2.75) is 0 Å². The summed E-state index contributed by atoms with van der Waals surface area (Å²) >= 11 is 0. The molecule has 0 radical (unpaired) electrons. The molecule has 138 valence electrons. The maximum atomic E-state index is 5.39. The van der Waals surface area contributed by atoms with E-state index in [4.69, 9.17) is 4.42 Å². The van der Waals surface area contributed by atoms with Crippen LogP contribution in [0.4, 0.5) is 0 Å². The quantitative estimate of drug-likeness (QED) is 0.348. The second-order valence-electron chi connectivity index (χ2n) is 7.16. The Morgan fingerprint density at radius 3 is 1.55 bits per heavy atom. The minimum absolute atomic E-state index is 0.865. The van der Waals surface area contributed by atoms with Crippen LogP contribution in [0, 0.1) is 0 Å². The van der Waals surface area contributed by atoms with Crippen molar-refractivity contribution in [1.29, 1.82) is 0 Å². The van der Waals surface area contributed by atoms with E-state index < -0.39 is 0 Å². The van der Waals surface area contributed by atoms with Crippen molar-refractivity contribution < 1.29 is 4.42 Å². The molecule has 4 aromatic carbocycles. The predicted molar refractivity (Wildman–Crippen MR) is 123 cm³/mol. The molecule has 0 saturated carbocycles. The summed E-state index contributed by atoms with van der Waals surface area (Å²) < 4.78 is 5.39. The molecule has 0 N–H and O–H groups in total. The summed E-state index contributed by atoms with van der Waals surface area (Å²) in [5.41, 5.74) is 4.90. The second-order valence-corrected chi connectivity index (χ2v) is 7.16. The Balaban J connectivity index is 1.88. The number of hydrogen-bond acceptors (Lipinski definition) is 0. The first-order valence-corrected chi connectivity index (χ1v) is 9.83. The third-order valence-electron chi connectivity index (χ3n) is 5.50. The van der Waals surface area contributed by atoms with Gasteiger partial charge in [0.05, 0.1) is 0 Å². The van der Waals surface area contributed by atoms with E-state index in [0.717, 1.165) is 5.78 Å². The zero-order valence-corrected chi connectivity index (χ0v) is 16.3. The molecule has 0 amide bonds. The van der Waals surface area contributed by atoms with Gasteiger partial charge >= 0.3 is 5.78 Å². The molecule has 0 spiro atoms. The third kappa shape index (κ3) is 3.11. The molecule has 29 heavy (non-hydrogen) atoms. The molecule has 0 saturated heterocycles. The molecule has 0 unspecified atom stereocenters. The monoisotopic (exact) mass is 373 g/mol. The van der Waals surface area contributed by atoms with Crippen LogP contribution >= 0.6 is 0 Å². The minimum Gasteiger partial charge on any atom is -0.258 e. The van der Waals surface area contributed by atoms with Crippen LogP contribution in [0.15, 0.2) is 115 Å². The number of benzene rings is 4. The van der Waals surface area contributed by atoms with Crippen molar-refractivity contribution in [1.82, 2.24) is 0 Å². The highest BCUT2D eigenvalue weighted by Gasteiger charge is 2.17. The molecule has 0 aliphatic heterocycles. The van der Waals surface area contributed by atoms with Crippen molar-refractivity contribution in [2.24, 2.45) is 0 Å². The fourth-order valence-electron chi connectivity index (χ4n) is 4.10. The van der Waals surface area contributed by atoms with Crippen LogP contribution in [0.25, 0.3) is 27.1 Å². The Hall–Kier alpha value is -3.71. The van der Waals surface area contributed by atoms with Crippen LogP contribution in [-0.4, -0.2) is 12.9 Å². The van der Waals surface area contributed by atoms with Gasteiger partial charge in [0, 0.05) is 12.2 Å². The predicted octanol–water partition coefficient (Wildman–Crippen LogP) is 6.66. The molecule has 1 heteroatoms. The van der Waals surface area contributed by atoms with Gasteiger partial charge in [-0.15, -0.1) is 0 Å². The topological polar surface area (TPSA) is 11.3 Å². The number of ketones is 1. The lowest BCUT2D eigenvalue weighted by molar-refractivity contribution is -0.417. The van der Waals surface area contributed by atoms with Gasteiger partial charge in [-0.25, -0.2) is 0 Å². The van der Waals surface area contributed by atoms with Crippen molar-refractivity contribution in [2.75, 3.05) is 7.11 Å². The zero-order valence-electron chi connectivity index (χ0n) is 16.3. The standard InChI is InChI=1S/C28H21O/c1-29-23-18-16-22(17-19-23)28(26-14-6-10-20-8-2-4-12-24(20)26)27-15-7-11-21-9-3-5-13-25(21)27/h2-19H,1H3/q+1. The van der Waals surface area contributed by atoms with Gasteiger partial charge in [0.2, 0.25) is 0 Å². The van der Waals surface area contributed by atoms with Crippen molar-refractivity contribution in [3.8, 4) is 0 Å². The summed E-state index contributed by atoms with van der Waals surface area (Å²) in [6, 6.07) is 30.3. The maximum Gasteiger partial charge on any atom is 0.343 e. The smallest absolute Gasteiger partial charge is 0.258 e. The van der Waals surface area contributed by atoms with Gasteiger partial charge in [-0.1, -0.05) is 84.9 Å². The third-order valence-corrected chi connectivity index (χ3v) is 5.50. The van der Waals surface area contributed by atoms with E-state index in [1.165, 1.54) is 43.8 Å². The first kappa shape index (κ1) is 17.4. The Bertz CT molecular complexity index is 1240. The van der Waals surface area contributed by atoms with Crippen molar-refractivity contribution >= 4 is 32.9 Å². The molecular weight excluding hydrogens is 352 g/mol. The average Bonchev–Trinajstić information content (AvgIpc) is 2.80. The van der Waals surface area contributed by atoms with Crippen LogP contribution in [0.2, 0.25) is 0 Å². The molecule has 4 aromatic rings. The summed E-state index contributed by atoms with van der Waals surface area (Å²) in [5.74, 6) is 0.865. The Labute approximate surface area is 170 Å². The highest BCUT2D eigenvalue weighted by molar-refractivity contribution is 6.08. The lowest BCUT2D eigenvalue weighted by Crippen LogP contribution is -2.00. The van der Waals surface area contributed by atoms with Crippen LogP contribution in [0.1, 0.15) is 11.1 Å². The Morgan fingerprint density at radius 2 is 1.03 bits per heavy atom. The van der Waals surface area contributed by atoms with Crippen LogP contribution in [-0.2, 0) is 4.42 Å². The van der Waals surface area contributed by atoms with E-state index in [9.17, 15) is 0 Å². The summed E-state index contributed by atoms with van der Waals surface area (Å²) in [6.07, 6.45) is 8.37. The minimum atomic E-state index is 0.865. The van der Waals surface area contributed by atoms with E-state index in [1.54, 1.807) is 7.11 Å². The molecule has 0 atom stereocenters. The second kappa shape index (κ2) is 7.37. The number of fused-ring (bicyclic) bond motifs is 2. The SMILES string of the molecule is C[O+]=C1C=CC(=C(c2cccc3ccccc23)c2cccc3ccccc23)C=C1. The maximum absolute atomic E-state index is 5.39. The summed E-state index contributed by atoms with van der Waals surface area (Å²) in [4.78, 5) is 0. The fraction of sp³-hybridized carbons (Fsp3) is 0.0357. The van der Waals surface area contributed by atoms with E-state index >= 15 is 0 Å². The van der Waals surface area contributed by atoms with Crippen molar-refractivity contribution in [3.05, 3.63) is 126 Å². The highest BCUT2D eigenvalue weighted by Crippen LogP contribution is 2.37. The van der Waals surface area contributed by atoms with Gasteiger partial charge < -0.3 is 0 Å². The van der Waals surface area contributed by atoms with Gasteiger partial charge in [0.25, 0.3) is 7.11 Å². The van der Waals surface area contributed by atoms with Crippen molar-refractivity contribution in [3.63, 3.8) is 0 Å². The van der Waals surface area contributed by atoms with Crippen LogP contribution in [0.3, 0.4) is 0 Å². The molecular formula is C28H21O+. The van der Waals surface area contributed by atoms with E-state index in [1.807, 2.05) is 12.2 Å². The molecule has 0 heterocycles. The van der Waals surface area contributed by atoms with Gasteiger partial charge in [0.1, 0.15) is 0 Å². The molecule has 0 fully saturated rings. The summed E-state index contributed by atoms with van der Waals surface area (Å²) in [7, 11) is 1.70. The average molecular weight is 373 g/mol. The normalized spacial score (nSPS) is 13.3. The van der Waals surface area contributed by atoms with E-state index in [0.29, 0.717) is 0 Å². The first-order valence-electron chi connectivity index (χ1n) is 9.83. The Kier molecular flexibility index (Phi) is 4.42. The highest BCUT2D eigenvalue weighted by atomic mass is 16.4. The lowest BCUT2D eigenvalue weighted by Gasteiger charge is -2.17. The van der Waals surface area contributed by atoms with Gasteiger partial charge in [-0.3, -0.25) is 4.42 Å². The summed E-state index contributed by atoms with van der Waals surface area (Å²) in [6.45, 7) is 0. The molecule has 1 nitrogen and oxygen atoms in total. The fourth-order valence-corrected chi connectivity index (χ4v) is 4.10. The molecule has 1 aliphatic rings. The lowest BCUT2D eigenvalue weighted by atomic mass is 9.86. The zero-order chi connectivity index (χ0) is 19.6. The summed E-state index contributed by atoms with van der Waals surface area (Å²) in [5, 5.41) is 5.01. The van der Waals surface area contributed by atoms with Gasteiger partial charge in [0.15, 0.2) is 0 Å². The Morgan fingerprint density at radius 1 is 0.552 bits per heavy atom. The molecule has 0 aromatic heterocycles.